The fourth-order valence-corrected chi connectivity index (χ4v) is 3.97. The maximum Gasteiger partial charge on any atom is 0.310 e. The van der Waals surface area contributed by atoms with Crippen LogP contribution >= 0.6 is 0 Å². The van der Waals surface area contributed by atoms with E-state index in [-0.39, 0.29) is 24.9 Å². The quantitative estimate of drug-likeness (QED) is 0.395. The smallest absolute Gasteiger partial charge is 0.310 e. The van der Waals surface area contributed by atoms with Crippen LogP contribution in [0.1, 0.15) is 45.2 Å². The van der Waals surface area contributed by atoms with E-state index in [2.05, 4.69) is 44.0 Å². The number of cyclic esters (lactones) is 1. The second-order valence-electron chi connectivity index (χ2n) is 9.71. The number of carbonyl (C=O) groups excluding carboxylic acids is 2. The Morgan fingerprint density at radius 3 is 2.32 bits per heavy atom. The Morgan fingerprint density at radius 2 is 1.78 bits per heavy atom. The Bertz CT molecular complexity index is 926. The van der Waals surface area contributed by atoms with Crippen molar-refractivity contribution < 1.29 is 28.5 Å². The van der Waals surface area contributed by atoms with Gasteiger partial charge in [0.1, 0.15) is 30.7 Å². The minimum atomic E-state index is -0.286. The average molecular weight is 516 g/mol. The molecule has 0 amide bonds. The zero-order valence-electron chi connectivity index (χ0n) is 23.7. The van der Waals surface area contributed by atoms with Gasteiger partial charge >= 0.3 is 5.97 Å². The monoisotopic (exact) mass is 515 g/mol. The molecule has 0 radical (unpaired) electrons. The van der Waals surface area contributed by atoms with Gasteiger partial charge in [-0.05, 0) is 50.4 Å². The van der Waals surface area contributed by atoms with Crippen molar-refractivity contribution in [2.45, 2.75) is 47.0 Å². The molecule has 206 valence electrons. The molecule has 0 aliphatic carbocycles. The number of fused-ring (bicyclic) bond motifs is 1. The number of carbonyl (C=O) groups is 2. The van der Waals surface area contributed by atoms with E-state index in [1.54, 1.807) is 14.2 Å². The summed E-state index contributed by atoms with van der Waals surface area (Å²) in [6, 6.07) is 3.94. The highest BCUT2D eigenvalue weighted by Gasteiger charge is 2.20. The number of esters is 1. The molecule has 0 fully saturated rings. The molecule has 7 heteroatoms. The van der Waals surface area contributed by atoms with E-state index in [4.69, 9.17) is 23.7 Å². The summed E-state index contributed by atoms with van der Waals surface area (Å²) in [7, 11) is 5.38. The first-order valence-electron chi connectivity index (χ1n) is 12.8. The summed E-state index contributed by atoms with van der Waals surface area (Å²) in [5, 5.41) is 0. The van der Waals surface area contributed by atoms with Crippen LogP contribution in [-0.4, -0.2) is 65.2 Å². The molecule has 1 unspecified atom stereocenters. The van der Waals surface area contributed by atoms with Crippen LogP contribution in [0.15, 0.2) is 47.8 Å². The van der Waals surface area contributed by atoms with Crippen LogP contribution in [0.3, 0.4) is 0 Å². The molecule has 0 N–H and O–H groups in total. The predicted octanol–water partition coefficient (Wildman–Crippen LogP) is 5.18. The molecule has 0 saturated carbocycles. The third-order valence-electron chi connectivity index (χ3n) is 5.89. The minimum Gasteiger partial charge on any atom is -0.497 e. The second-order valence-corrected chi connectivity index (χ2v) is 9.71. The Hall–Kier alpha value is -3.06. The summed E-state index contributed by atoms with van der Waals surface area (Å²) in [4.78, 5) is 22.8. The summed E-state index contributed by atoms with van der Waals surface area (Å²) in [5.74, 6) is 2.44. The normalized spacial score (nSPS) is 20.9. The van der Waals surface area contributed by atoms with Crippen LogP contribution < -0.4 is 9.47 Å². The Morgan fingerprint density at radius 1 is 1.11 bits per heavy atom. The lowest BCUT2D eigenvalue weighted by atomic mass is 9.98. The fraction of sp³-hybridized carbons (Fsp3) is 0.533. The van der Waals surface area contributed by atoms with Gasteiger partial charge in [0.25, 0.3) is 0 Å². The van der Waals surface area contributed by atoms with E-state index >= 15 is 0 Å². The molecule has 7 nitrogen and oxygen atoms in total. The van der Waals surface area contributed by atoms with Crippen molar-refractivity contribution in [3.8, 4) is 11.5 Å². The van der Waals surface area contributed by atoms with Crippen molar-refractivity contribution in [1.82, 2.24) is 4.90 Å². The molecule has 2 heterocycles. The van der Waals surface area contributed by atoms with Gasteiger partial charge in [-0.1, -0.05) is 50.6 Å². The number of rotatable bonds is 5. The van der Waals surface area contributed by atoms with Crippen molar-refractivity contribution in [3.05, 3.63) is 58.9 Å². The molecular weight excluding hydrogens is 470 g/mol. The molecule has 3 rings (SSSR count). The van der Waals surface area contributed by atoms with E-state index in [0.717, 1.165) is 42.6 Å². The van der Waals surface area contributed by atoms with Gasteiger partial charge in [0.05, 0.1) is 27.2 Å². The molecule has 0 aromatic heterocycles. The van der Waals surface area contributed by atoms with E-state index in [1.807, 2.05) is 38.8 Å². The van der Waals surface area contributed by atoms with Gasteiger partial charge in [-0.3, -0.25) is 9.69 Å². The van der Waals surface area contributed by atoms with E-state index < -0.39 is 0 Å². The number of hydrogen-bond acceptors (Lipinski definition) is 7. The highest BCUT2D eigenvalue weighted by atomic mass is 16.5. The number of hydrogen-bond donors (Lipinski definition) is 0. The van der Waals surface area contributed by atoms with Crippen LogP contribution in [0.25, 0.3) is 0 Å². The average Bonchev–Trinajstić information content (AvgIpc) is 3.36. The van der Waals surface area contributed by atoms with Crippen LogP contribution in [0.5, 0.6) is 11.5 Å². The van der Waals surface area contributed by atoms with E-state index in [1.165, 1.54) is 0 Å². The Balaban J connectivity index is 0.000000735. The highest BCUT2D eigenvalue weighted by Crippen LogP contribution is 2.35. The molecular formula is C30H45NO6. The number of likely N-dealkylation sites (N-methyl/N-ethyl adjacent to an activating group) is 1. The van der Waals surface area contributed by atoms with Gasteiger partial charge in [-0.2, -0.15) is 0 Å². The van der Waals surface area contributed by atoms with E-state index in [9.17, 15) is 4.79 Å². The molecule has 0 saturated heterocycles. The molecule has 1 aromatic rings. The number of aryl methyl sites for hydroxylation is 1. The van der Waals surface area contributed by atoms with Crippen molar-refractivity contribution >= 4 is 12.8 Å². The standard InChI is InChI=1S/C24H34O5.C5H9N.CH2O/c1-16(2)7-8-19-9-10-22-21(24(19)27-6)13-23(25)29-14-18(4)11-17(3)12-20(26-5)15-28-22;1-6-4-2-3-5-6;1-2/h9-12,16,18H,7-8,13-15H2,1-6H3;2-3H,4-5H2,1H3;1H2/b17-11-,20-12+;;. The first-order valence-corrected chi connectivity index (χ1v) is 12.8. The molecule has 37 heavy (non-hydrogen) atoms. The first kappa shape index (κ1) is 32.0. The topological polar surface area (TPSA) is 74.3 Å². The maximum absolute atomic E-state index is 12.5. The van der Waals surface area contributed by atoms with Crippen molar-refractivity contribution in [1.29, 1.82) is 0 Å². The SMILES string of the molecule is C=O.CN1CC=CC1.CO/C1=C/C(C)=C\C(C)COC(=O)Cc2c(ccc(CCC(C)C)c2OC)OC1. The Kier molecular flexibility index (Phi) is 15.0. The molecule has 1 aromatic carbocycles. The lowest BCUT2D eigenvalue weighted by Gasteiger charge is -2.19. The Labute approximate surface area is 223 Å². The lowest BCUT2D eigenvalue weighted by molar-refractivity contribution is -0.143. The van der Waals surface area contributed by atoms with Gasteiger partial charge < -0.3 is 23.7 Å². The van der Waals surface area contributed by atoms with Crippen LogP contribution in [0.4, 0.5) is 0 Å². The minimum absolute atomic E-state index is 0.105. The van der Waals surface area contributed by atoms with Crippen molar-refractivity contribution in [3.63, 3.8) is 0 Å². The third kappa shape index (κ3) is 11.7. The summed E-state index contributed by atoms with van der Waals surface area (Å²) in [6.07, 6.45) is 10.4. The van der Waals surface area contributed by atoms with Gasteiger partial charge in [0.2, 0.25) is 0 Å². The van der Waals surface area contributed by atoms with Gasteiger partial charge in [-0.15, -0.1) is 0 Å². The zero-order valence-corrected chi connectivity index (χ0v) is 23.7. The number of ether oxygens (including phenoxy) is 4. The third-order valence-corrected chi connectivity index (χ3v) is 5.89. The first-order chi connectivity index (χ1) is 17.7. The van der Waals surface area contributed by atoms with E-state index in [0.29, 0.717) is 29.8 Å². The van der Waals surface area contributed by atoms with Gasteiger partial charge in [-0.25, -0.2) is 0 Å². The van der Waals surface area contributed by atoms with Crippen molar-refractivity contribution in [2.24, 2.45) is 11.8 Å². The molecule has 0 spiro atoms. The number of methoxy groups -OCH3 is 2. The van der Waals surface area contributed by atoms with Crippen LogP contribution in [0, 0.1) is 11.8 Å². The fourth-order valence-electron chi connectivity index (χ4n) is 3.97. The number of benzene rings is 1. The number of nitrogens with zero attached hydrogens (tertiary/aromatic N) is 1. The maximum atomic E-state index is 12.5. The molecule has 2 aliphatic rings. The lowest BCUT2D eigenvalue weighted by Crippen LogP contribution is -2.15. The van der Waals surface area contributed by atoms with Crippen molar-refractivity contribution in [2.75, 3.05) is 47.6 Å². The highest BCUT2D eigenvalue weighted by molar-refractivity contribution is 5.75. The van der Waals surface area contributed by atoms with Crippen LogP contribution in [-0.2, 0) is 31.9 Å². The van der Waals surface area contributed by atoms with Gasteiger partial charge in [0.15, 0.2) is 0 Å². The van der Waals surface area contributed by atoms with Gasteiger partial charge in [0, 0.05) is 24.6 Å². The largest absolute Gasteiger partial charge is 0.497 e. The van der Waals surface area contributed by atoms with Crippen LogP contribution in [0.2, 0.25) is 0 Å². The summed E-state index contributed by atoms with van der Waals surface area (Å²) < 4.78 is 22.8. The summed E-state index contributed by atoms with van der Waals surface area (Å²) in [6.45, 7) is 13.3. The summed E-state index contributed by atoms with van der Waals surface area (Å²) >= 11 is 0. The summed E-state index contributed by atoms with van der Waals surface area (Å²) in [5.41, 5.74) is 2.84. The number of allylic oxidation sites excluding steroid dienone is 2. The molecule has 0 bridgehead atoms. The molecule has 2 aliphatic heterocycles. The molecule has 1 atom stereocenters. The zero-order chi connectivity index (χ0) is 27.8. The second kappa shape index (κ2) is 17.4. The predicted molar refractivity (Wildman–Crippen MR) is 148 cm³/mol.